The summed E-state index contributed by atoms with van der Waals surface area (Å²) < 4.78 is 5.74. The van der Waals surface area contributed by atoms with Crippen LogP contribution in [0, 0.1) is 0 Å². The number of hydrogen-bond donors (Lipinski definition) is 2. The summed E-state index contributed by atoms with van der Waals surface area (Å²) >= 11 is 0. The largest absolute Gasteiger partial charge is 0.512 e. The maximum Gasteiger partial charge on any atom is 0.193 e. The molecule has 0 unspecified atom stereocenters. The Morgan fingerprint density at radius 2 is 2.10 bits per heavy atom. The fourth-order valence-corrected chi connectivity index (χ4v) is 2.76. The zero-order valence-corrected chi connectivity index (χ0v) is 11.9. The third-order valence-corrected chi connectivity index (χ3v) is 3.54. The van der Waals surface area contributed by atoms with Crippen molar-refractivity contribution in [2.24, 2.45) is 0 Å². The van der Waals surface area contributed by atoms with E-state index in [1.807, 2.05) is 18.2 Å². The molecular formula is C17H16O4. The molecule has 108 valence electrons. The SMILES string of the molecule is CC(O)=c1c(=O)cc2oc(C[C@@H](C)O)cc3cccc1c3-2. The van der Waals surface area contributed by atoms with Gasteiger partial charge in [0, 0.05) is 23.4 Å². The van der Waals surface area contributed by atoms with Crippen LogP contribution in [0.4, 0.5) is 0 Å². The Labute approximate surface area is 121 Å². The summed E-state index contributed by atoms with van der Waals surface area (Å²) in [6, 6.07) is 8.83. The van der Waals surface area contributed by atoms with Crippen LogP contribution < -0.4 is 10.6 Å². The molecule has 0 aromatic heterocycles. The Morgan fingerprint density at radius 1 is 1.33 bits per heavy atom. The molecule has 4 heteroatoms. The van der Waals surface area contributed by atoms with Crippen molar-refractivity contribution in [1.29, 1.82) is 0 Å². The van der Waals surface area contributed by atoms with Crippen LogP contribution in [0.5, 0.6) is 0 Å². The molecule has 0 saturated carbocycles. The molecule has 2 aliphatic rings. The number of benzene rings is 2. The van der Waals surface area contributed by atoms with Gasteiger partial charge in [0.15, 0.2) is 5.43 Å². The second-order valence-electron chi connectivity index (χ2n) is 5.37. The standard InChI is InChI=1S/C17H16O4/c1-9(18)6-12-7-11-4-3-5-13-16(10(2)19)14(20)8-15(21-12)17(11)13/h3-5,7-9,18-19H,6H2,1-2H3/t9-/m1/s1. The van der Waals surface area contributed by atoms with Crippen LogP contribution in [-0.4, -0.2) is 16.3 Å². The van der Waals surface area contributed by atoms with Crippen LogP contribution >= 0.6 is 0 Å². The summed E-state index contributed by atoms with van der Waals surface area (Å²) in [5.41, 5.74) is 0.544. The minimum Gasteiger partial charge on any atom is -0.512 e. The molecule has 21 heavy (non-hydrogen) atoms. The van der Waals surface area contributed by atoms with Crippen LogP contribution in [0.3, 0.4) is 0 Å². The fourth-order valence-electron chi connectivity index (χ4n) is 2.76. The Kier molecular flexibility index (Phi) is 3.18. The molecule has 1 heterocycles. The first-order valence-electron chi connectivity index (χ1n) is 6.83. The molecule has 2 N–H and O–H groups in total. The highest BCUT2D eigenvalue weighted by molar-refractivity contribution is 5.96. The predicted octanol–water partition coefficient (Wildman–Crippen LogP) is 2.23. The normalized spacial score (nSPS) is 14.6. The summed E-state index contributed by atoms with van der Waals surface area (Å²) in [5, 5.41) is 21.2. The molecule has 0 amide bonds. The highest BCUT2D eigenvalue weighted by Crippen LogP contribution is 2.31. The molecule has 1 aromatic carbocycles. The van der Waals surface area contributed by atoms with E-state index in [1.54, 1.807) is 13.0 Å². The molecule has 1 aromatic rings. The van der Waals surface area contributed by atoms with Crippen LogP contribution in [0.2, 0.25) is 0 Å². The van der Waals surface area contributed by atoms with Gasteiger partial charge in [0.1, 0.15) is 17.3 Å². The van der Waals surface area contributed by atoms with Crippen molar-refractivity contribution in [3.8, 4) is 11.3 Å². The van der Waals surface area contributed by atoms with Gasteiger partial charge in [0.25, 0.3) is 0 Å². The van der Waals surface area contributed by atoms with Crippen LogP contribution in [0.1, 0.15) is 19.6 Å². The number of aliphatic hydroxyl groups is 2. The van der Waals surface area contributed by atoms with E-state index in [2.05, 4.69) is 0 Å². The van der Waals surface area contributed by atoms with Gasteiger partial charge in [-0.15, -0.1) is 0 Å². The van der Waals surface area contributed by atoms with Crippen molar-refractivity contribution < 1.29 is 14.6 Å². The molecule has 1 aliphatic heterocycles. The van der Waals surface area contributed by atoms with Gasteiger partial charge in [0.2, 0.25) is 0 Å². The summed E-state index contributed by atoms with van der Waals surface area (Å²) in [4.78, 5) is 12.2. The van der Waals surface area contributed by atoms with E-state index in [0.717, 1.165) is 10.9 Å². The first kappa shape index (κ1) is 13.6. The van der Waals surface area contributed by atoms with Gasteiger partial charge in [-0.2, -0.15) is 0 Å². The molecule has 0 spiro atoms. The van der Waals surface area contributed by atoms with Crippen molar-refractivity contribution in [3.05, 3.63) is 51.5 Å². The van der Waals surface area contributed by atoms with Crippen LogP contribution in [0.15, 0.2) is 39.5 Å². The summed E-state index contributed by atoms with van der Waals surface area (Å²) in [6.45, 7) is 3.19. The smallest absolute Gasteiger partial charge is 0.193 e. The highest BCUT2D eigenvalue weighted by Gasteiger charge is 2.17. The monoisotopic (exact) mass is 284 g/mol. The van der Waals surface area contributed by atoms with E-state index in [4.69, 9.17) is 4.42 Å². The lowest BCUT2D eigenvalue weighted by Crippen LogP contribution is -2.27. The number of aliphatic hydroxyl groups excluding tert-OH is 2. The molecule has 0 saturated heterocycles. The molecule has 0 bridgehead atoms. The Balaban J connectivity index is 2.46. The second kappa shape index (κ2) is 4.90. The molecule has 0 radical (unpaired) electrons. The van der Waals surface area contributed by atoms with Gasteiger partial charge in [-0.05, 0) is 25.3 Å². The first-order valence-corrected chi connectivity index (χ1v) is 6.83. The average molecular weight is 284 g/mol. The van der Waals surface area contributed by atoms with Gasteiger partial charge in [-0.1, -0.05) is 18.2 Å². The van der Waals surface area contributed by atoms with Crippen molar-refractivity contribution in [2.75, 3.05) is 0 Å². The highest BCUT2D eigenvalue weighted by atomic mass is 16.3. The Hall–Kier alpha value is -2.33. The third-order valence-electron chi connectivity index (χ3n) is 3.54. The zero-order chi connectivity index (χ0) is 15.1. The maximum atomic E-state index is 12.2. The Bertz CT molecular complexity index is 885. The van der Waals surface area contributed by atoms with Gasteiger partial charge in [0.05, 0.1) is 11.3 Å². The van der Waals surface area contributed by atoms with E-state index < -0.39 is 6.10 Å². The summed E-state index contributed by atoms with van der Waals surface area (Å²) in [7, 11) is 0. The van der Waals surface area contributed by atoms with Crippen molar-refractivity contribution in [1.82, 2.24) is 0 Å². The van der Waals surface area contributed by atoms with E-state index in [1.165, 1.54) is 13.0 Å². The van der Waals surface area contributed by atoms with E-state index in [9.17, 15) is 15.0 Å². The molecule has 0 fully saturated rings. The lowest BCUT2D eigenvalue weighted by atomic mass is 9.96. The fraction of sp³-hybridized carbons (Fsp3) is 0.235. The summed E-state index contributed by atoms with van der Waals surface area (Å²) in [5.74, 6) is 1.11. The second-order valence-corrected chi connectivity index (χ2v) is 5.37. The lowest BCUT2D eigenvalue weighted by Gasteiger charge is -2.14. The molecule has 1 atom stereocenters. The van der Waals surface area contributed by atoms with E-state index >= 15 is 0 Å². The summed E-state index contributed by atoms with van der Waals surface area (Å²) in [6.07, 6.45) is -0.132. The van der Waals surface area contributed by atoms with Crippen LogP contribution in [-0.2, 0) is 6.42 Å². The van der Waals surface area contributed by atoms with Gasteiger partial charge in [-0.25, -0.2) is 0 Å². The minimum atomic E-state index is -0.518. The average Bonchev–Trinajstić information content (AvgIpc) is 2.36. The molecule has 3 rings (SSSR count). The van der Waals surface area contributed by atoms with Crippen molar-refractivity contribution in [3.63, 3.8) is 0 Å². The van der Waals surface area contributed by atoms with Crippen molar-refractivity contribution in [2.45, 2.75) is 26.4 Å². The minimum absolute atomic E-state index is 0.00227. The molecule has 1 aliphatic carbocycles. The third kappa shape index (κ3) is 2.28. The predicted molar refractivity (Wildman–Crippen MR) is 81.4 cm³/mol. The van der Waals surface area contributed by atoms with E-state index in [0.29, 0.717) is 28.5 Å². The van der Waals surface area contributed by atoms with Crippen molar-refractivity contribution >= 4 is 16.5 Å². The van der Waals surface area contributed by atoms with Crippen LogP contribution in [0.25, 0.3) is 27.9 Å². The maximum absolute atomic E-state index is 12.2. The molecule has 4 nitrogen and oxygen atoms in total. The number of hydrogen-bond acceptors (Lipinski definition) is 4. The first-order chi connectivity index (χ1) is 9.97. The Morgan fingerprint density at radius 3 is 2.76 bits per heavy atom. The number of rotatable bonds is 2. The lowest BCUT2D eigenvalue weighted by molar-refractivity contribution is 0.187. The van der Waals surface area contributed by atoms with Gasteiger partial charge < -0.3 is 14.6 Å². The topological polar surface area (TPSA) is 70.7 Å². The quantitative estimate of drug-likeness (QED) is 0.757. The molecular weight excluding hydrogens is 268 g/mol. The van der Waals surface area contributed by atoms with Gasteiger partial charge >= 0.3 is 0 Å². The van der Waals surface area contributed by atoms with Gasteiger partial charge in [-0.3, -0.25) is 4.79 Å². The zero-order valence-electron chi connectivity index (χ0n) is 11.9. The van der Waals surface area contributed by atoms with E-state index in [-0.39, 0.29) is 11.2 Å².